The summed E-state index contributed by atoms with van der Waals surface area (Å²) < 4.78 is 0. The zero-order valence-corrected chi connectivity index (χ0v) is 13.7. The molecule has 2 aliphatic heterocycles. The van der Waals surface area contributed by atoms with Gasteiger partial charge < -0.3 is 0 Å². The molecule has 0 fully saturated rings. The SMILES string of the molecule is Cc1ccc(SC2=C(N3C(=O)c4ccccc4C3=O)CON2)cc1. The number of imide groups is 1. The maximum atomic E-state index is 12.6. The third-order valence-electron chi connectivity index (χ3n) is 3.94. The molecule has 2 aliphatic rings. The predicted molar refractivity (Wildman–Crippen MR) is 90.1 cm³/mol. The second kappa shape index (κ2) is 5.81. The molecule has 4 rings (SSSR count). The van der Waals surface area contributed by atoms with Crippen LogP contribution < -0.4 is 5.48 Å². The maximum absolute atomic E-state index is 12.6. The van der Waals surface area contributed by atoms with Crippen molar-refractivity contribution in [2.45, 2.75) is 11.8 Å². The van der Waals surface area contributed by atoms with Crippen molar-refractivity contribution in [2.75, 3.05) is 6.61 Å². The minimum absolute atomic E-state index is 0.166. The number of fused-ring (bicyclic) bond motifs is 1. The molecule has 2 aromatic rings. The Morgan fingerprint density at radius 2 is 1.62 bits per heavy atom. The van der Waals surface area contributed by atoms with Gasteiger partial charge in [-0.25, -0.2) is 4.90 Å². The fourth-order valence-corrected chi connectivity index (χ4v) is 3.58. The number of carbonyl (C=O) groups is 2. The first kappa shape index (κ1) is 15.0. The molecule has 2 heterocycles. The van der Waals surface area contributed by atoms with Crippen molar-refractivity contribution in [1.29, 1.82) is 0 Å². The second-order valence-electron chi connectivity index (χ2n) is 5.57. The fourth-order valence-electron chi connectivity index (χ4n) is 2.70. The van der Waals surface area contributed by atoms with E-state index in [2.05, 4.69) is 5.48 Å². The first-order valence-electron chi connectivity index (χ1n) is 7.48. The zero-order valence-electron chi connectivity index (χ0n) is 12.9. The highest BCUT2D eigenvalue weighted by Crippen LogP contribution is 2.35. The van der Waals surface area contributed by atoms with E-state index in [1.54, 1.807) is 24.3 Å². The van der Waals surface area contributed by atoms with Gasteiger partial charge in [-0.05, 0) is 31.2 Å². The van der Waals surface area contributed by atoms with Crippen LogP contribution in [0.3, 0.4) is 0 Å². The highest BCUT2D eigenvalue weighted by Gasteiger charge is 2.40. The highest BCUT2D eigenvalue weighted by atomic mass is 32.2. The summed E-state index contributed by atoms with van der Waals surface area (Å²) in [6, 6.07) is 14.9. The summed E-state index contributed by atoms with van der Waals surface area (Å²) in [6.07, 6.45) is 0. The predicted octanol–water partition coefficient (Wildman–Crippen LogP) is 3.09. The average molecular weight is 338 g/mol. The average Bonchev–Trinajstić information content (AvgIpc) is 3.13. The van der Waals surface area contributed by atoms with Crippen LogP contribution in [0.1, 0.15) is 26.3 Å². The van der Waals surface area contributed by atoms with Crippen molar-refractivity contribution in [2.24, 2.45) is 0 Å². The lowest BCUT2D eigenvalue weighted by Gasteiger charge is -2.15. The molecular weight excluding hydrogens is 324 g/mol. The summed E-state index contributed by atoms with van der Waals surface area (Å²) in [5.41, 5.74) is 5.39. The highest BCUT2D eigenvalue weighted by molar-refractivity contribution is 8.03. The summed E-state index contributed by atoms with van der Waals surface area (Å²) in [4.78, 5) is 32.7. The smallest absolute Gasteiger partial charge is 0.266 e. The summed E-state index contributed by atoms with van der Waals surface area (Å²) in [5.74, 6) is -0.611. The molecule has 2 amide bonds. The number of benzene rings is 2. The van der Waals surface area contributed by atoms with Gasteiger partial charge in [0.1, 0.15) is 11.6 Å². The van der Waals surface area contributed by atoms with E-state index in [4.69, 9.17) is 4.84 Å². The lowest BCUT2D eigenvalue weighted by Crippen LogP contribution is -2.30. The van der Waals surface area contributed by atoms with Gasteiger partial charge >= 0.3 is 0 Å². The molecule has 0 saturated heterocycles. The molecule has 1 N–H and O–H groups in total. The first-order valence-corrected chi connectivity index (χ1v) is 8.30. The number of rotatable bonds is 3. The summed E-state index contributed by atoms with van der Waals surface area (Å²) in [6.45, 7) is 2.19. The molecule has 0 aromatic heterocycles. The van der Waals surface area contributed by atoms with Crippen LogP contribution in [0.15, 0.2) is 64.2 Å². The van der Waals surface area contributed by atoms with E-state index < -0.39 is 0 Å². The zero-order chi connectivity index (χ0) is 16.7. The van der Waals surface area contributed by atoms with E-state index in [-0.39, 0.29) is 18.4 Å². The van der Waals surface area contributed by atoms with Gasteiger partial charge in [0.05, 0.1) is 16.8 Å². The molecule has 0 unspecified atom stereocenters. The van der Waals surface area contributed by atoms with Gasteiger partial charge in [-0.3, -0.25) is 19.9 Å². The lowest BCUT2D eigenvalue weighted by atomic mass is 10.1. The standard InChI is InChI=1S/C18H14N2O3S/c1-11-6-8-12(9-7-11)24-16-15(10-23-19-16)20-17(21)13-4-2-3-5-14(13)18(20)22/h2-9,19H,10H2,1H3. The summed E-state index contributed by atoms with van der Waals surface area (Å²) in [5, 5.41) is 0.661. The quantitative estimate of drug-likeness (QED) is 0.872. The van der Waals surface area contributed by atoms with Crippen LogP contribution in [0.4, 0.5) is 0 Å². The molecule has 0 spiro atoms. The number of nitrogens with one attached hydrogen (secondary N) is 1. The van der Waals surface area contributed by atoms with Crippen LogP contribution in [-0.2, 0) is 4.84 Å². The summed E-state index contributed by atoms with van der Waals surface area (Å²) >= 11 is 1.44. The number of hydrogen-bond acceptors (Lipinski definition) is 5. The fraction of sp³-hybridized carbons (Fsp3) is 0.111. The first-order chi connectivity index (χ1) is 11.6. The Balaban J connectivity index is 1.68. The maximum Gasteiger partial charge on any atom is 0.266 e. The lowest BCUT2D eigenvalue weighted by molar-refractivity contribution is 0.0655. The summed E-state index contributed by atoms with van der Waals surface area (Å²) in [7, 11) is 0. The van der Waals surface area contributed by atoms with E-state index in [9.17, 15) is 9.59 Å². The van der Waals surface area contributed by atoms with Gasteiger partial charge in [0, 0.05) is 4.90 Å². The van der Waals surface area contributed by atoms with Crippen molar-refractivity contribution in [3.63, 3.8) is 0 Å². The Labute approximate surface area is 143 Å². The van der Waals surface area contributed by atoms with Crippen LogP contribution >= 0.6 is 11.8 Å². The monoisotopic (exact) mass is 338 g/mol. The Kier molecular flexibility index (Phi) is 3.63. The molecule has 0 atom stereocenters. The molecule has 6 heteroatoms. The molecular formula is C18H14N2O3S. The van der Waals surface area contributed by atoms with E-state index in [1.807, 2.05) is 31.2 Å². The van der Waals surface area contributed by atoms with E-state index >= 15 is 0 Å². The van der Waals surface area contributed by atoms with Crippen LogP contribution in [0.25, 0.3) is 0 Å². The normalized spacial score (nSPS) is 16.6. The Hall–Kier alpha value is -2.57. The number of carbonyl (C=O) groups excluding carboxylic acids is 2. The minimum atomic E-state index is -0.306. The largest absolute Gasteiger partial charge is 0.269 e. The number of hydroxylamine groups is 1. The molecule has 0 saturated carbocycles. The molecule has 0 aliphatic carbocycles. The van der Waals surface area contributed by atoms with Crippen molar-refractivity contribution in [1.82, 2.24) is 10.4 Å². The Morgan fingerprint density at radius 3 is 2.25 bits per heavy atom. The number of nitrogens with zero attached hydrogens (tertiary/aromatic N) is 1. The Morgan fingerprint density at radius 1 is 1.00 bits per heavy atom. The van der Waals surface area contributed by atoms with Crippen LogP contribution in [0.5, 0.6) is 0 Å². The topological polar surface area (TPSA) is 58.6 Å². The van der Waals surface area contributed by atoms with Gasteiger partial charge in [-0.1, -0.05) is 41.6 Å². The third kappa shape index (κ3) is 2.40. The number of amides is 2. The second-order valence-corrected chi connectivity index (χ2v) is 6.66. The van der Waals surface area contributed by atoms with Crippen molar-refractivity contribution in [3.8, 4) is 0 Å². The van der Waals surface area contributed by atoms with E-state index in [0.717, 1.165) is 4.90 Å². The van der Waals surface area contributed by atoms with Crippen LogP contribution in [0, 0.1) is 6.92 Å². The van der Waals surface area contributed by atoms with Crippen molar-refractivity contribution in [3.05, 3.63) is 75.9 Å². The van der Waals surface area contributed by atoms with Gasteiger partial charge in [0.25, 0.3) is 11.8 Å². The van der Waals surface area contributed by atoms with Gasteiger partial charge in [0.15, 0.2) is 0 Å². The minimum Gasteiger partial charge on any atom is -0.269 e. The molecule has 0 bridgehead atoms. The van der Waals surface area contributed by atoms with Crippen molar-refractivity contribution >= 4 is 23.6 Å². The number of hydrogen-bond donors (Lipinski definition) is 1. The van der Waals surface area contributed by atoms with Crippen molar-refractivity contribution < 1.29 is 14.4 Å². The van der Waals surface area contributed by atoms with Crippen LogP contribution in [0.2, 0.25) is 0 Å². The number of aryl methyl sites for hydroxylation is 1. The Bertz CT molecular complexity index is 839. The van der Waals surface area contributed by atoms with E-state index in [0.29, 0.717) is 21.9 Å². The molecule has 2 aromatic carbocycles. The molecule has 5 nitrogen and oxygen atoms in total. The molecule has 24 heavy (non-hydrogen) atoms. The van der Waals surface area contributed by atoms with Crippen LogP contribution in [-0.4, -0.2) is 23.3 Å². The third-order valence-corrected chi connectivity index (χ3v) is 4.97. The number of thioether (sulfide) groups is 1. The van der Waals surface area contributed by atoms with E-state index in [1.165, 1.54) is 22.2 Å². The van der Waals surface area contributed by atoms with Gasteiger partial charge in [-0.15, -0.1) is 0 Å². The molecule has 0 radical (unpaired) electrons. The van der Waals surface area contributed by atoms with Gasteiger partial charge in [-0.2, -0.15) is 0 Å². The van der Waals surface area contributed by atoms with Gasteiger partial charge in [0.2, 0.25) is 0 Å². The molecule has 120 valence electrons.